The van der Waals surface area contributed by atoms with Crippen LogP contribution in [0.1, 0.15) is 0 Å². The molecule has 0 aliphatic heterocycles. The second kappa shape index (κ2) is 29.2. The van der Waals surface area contributed by atoms with Crippen LogP contribution in [-0.4, -0.2) is 8.42 Å². The zero-order chi connectivity index (χ0) is 79.1. The highest BCUT2D eigenvalue weighted by Gasteiger charge is 2.33. The van der Waals surface area contributed by atoms with Crippen LogP contribution in [0.2, 0.25) is 0 Å². The molecular formula is C108H70O7P2S. The van der Waals surface area contributed by atoms with Gasteiger partial charge in [-0.2, -0.15) is 0 Å². The van der Waals surface area contributed by atoms with Crippen molar-refractivity contribution in [3.8, 4) is 33.4 Å². The van der Waals surface area contributed by atoms with Gasteiger partial charge in [-0.25, -0.2) is 8.42 Å². The highest BCUT2D eigenvalue weighted by molar-refractivity contribution is 7.91. The topological polar surface area (TPSA) is 108 Å². The second-order valence-corrected chi connectivity index (χ2v) is 37.3. The number of rotatable bonds is 11. The minimum absolute atomic E-state index is 0.258. The van der Waals surface area contributed by atoms with Gasteiger partial charge in [0.1, 0.15) is 33.5 Å². The fraction of sp³-hybridized carbons (Fsp3) is 0. The molecule has 0 spiro atoms. The first-order chi connectivity index (χ1) is 58.0. The predicted molar refractivity (Wildman–Crippen MR) is 493 cm³/mol. The van der Waals surface area contributed by atoms with Crippen LogP contribution in [0.4, 0.5) is 0 Å². The molecule has 20 aromatic carbocycles. The zero-order valence-electron chi connectivity index (χ0n) is 63.6. The van der Waals surface area contributed by atoms with E-state index in [1.807, 2.05) is 188 Å². The number of benzene rings is 20. The van der Waals surface area contributed by atoms with Gasteiger partial charge in [0.15, 0.2) is 14.3 Å². The first kappa shape index (κ1) is 71.5. The molecule has 0 saturated carbocycles. The Kier molecular flexibility index (Phi) is 17.7. The van der Waals surface area contributed by atoms with E-state index in [9.17, 15) is 13.0 Å². The number of sulfone groups is 1. The maximum atomic E-state index is 15.1. The average Bonchev–Trinajstić information content (AvgIpc) is 1.62. The van der Waals surface area contributed by atoms with Crippen molar-refractivity contribution in [2.75, 3.05) is 0 Å². The molecule has 0 aliphatic carbocycles. The molecule has 7 nitrogen and oxygen atoms in total. The van der Waals surface area contributed by atoms with Gasteiger partial charge in [-0.3, -0.25) is 0 Å². The van der Waals surface area contributed by atoms with E-state index in [-0.39, 0.29) is 9.79 Å². The van der Waals surface area contributed by atoms with Gasteiger partial charge in [-0.05, 0) is 148 Å². The van der Waals surface area contributed by atoms with E-state index in [1.54, 1.807) is 42.5 Å². The van der Waals surface area contributed by atoms with E-state index in [2.05, 4.69) is 194 Å². The highest BCUT2D eigenvalue weighted by Crippen LogP contribution is 2.50. The first-order valence-corrected chi connectivity index (χ1v) is 44.3. The van der Waals surface area contributed by atoms with Gasteiger partial charge >= 0.3 is 0 Å². The van der Waals surface area contributed by atoms with Gasteiger partial charge in [0.25, 0.3) is 0 Å². The Hall–Kier alpha value is -14.2. The third-order valence-corrected chi connectivity index (χ3v) is 31.0. The standard InChI is InChI=1S/2C38H25O2P.C32H20O3S/c39-41(29-15-3-1-4-16-29,30-17-5-2-6-18-30)31-19-11-14-27(24-31)34-25-28-13-8-10-21-33(28)37-36-32-20-9-7-12-26(32)22-23-35(36)40-38(34)37;39-41(29-13-3-1-4-14-29,30-15-5-2-6-16-30)31-22-19-27(20-23-31)34-25-28-12-8-10-18-33(28)37-36-32-17-9-7-11-26(32)21-24-35(36)40-38(34)37;33-36(34,24-12-2-1-3-13-24)25-14-8-11-22(19-25)28-20-23-10-5-7-16-27(23)31-30-26-15-6-4-9-21(26)17-18-29(30)35-32(28)31/h2*1-25H;1-20H. The van der Waals surface area contributed by atoms with Crippen molar-refractivity contribution in [2.45, 2.75) is 9.79 Å². The predicted octanol–water partition coefficient (Wildman–Crippen LogP) is 26.8. The molecule has 118 heavy (non-hydrogen) atoms. The Morgan fingerprint density at radius 2 is 0.466 bits per heavy atom. The van der Waals surface area contributed by atoms with Crippen LogP contribution in [-0.2, 0) is 19.0 Å². The minimum atomic E-state index is -3.65. The van der Waals surface area contributed by atoms with Crippen molar-refractivity contribution in [1.82, 2.24) is 0 Å². The lowest BCUT2D eigenvalue weighted by molar-refractivity contribution is 0.591. The van der Waals surface area contributed by atoms with Crippen molar-refractivity contribution in [2.24, 2.45) is 0 Å². The summed E-state index contributed by atoms with van der Waals surface area (Å²) in [5, 5.41) is 25.4. The summed E-state index contributed by atoms with van der Waals surface area (Å²) in [6, 6.07) is 141. The Labute approximate surface area is 680 Å². The molecule has 0 bridgehead atoms. The summed E-state index contributed by atoms with van der Waals surface area (Å²) in [7, 11) is -9.82. The van der Waals surface area contributed by atoms with Gasteiger partial charge in [-0.1, -0.05) is 358 Å². The van der Waals surface area contributed by atoms with Crippen LogP contribution < -0.4 is 31.8 Å². The number of fused-ring (bicyclic) bond motifs is 21. The second-order valence-electron chi connectivity index (χ2n) is 29.8. The lowest BCUT2D eigenvalue weighted by Crippen LogP contribution is -2.25. The van der Waals surface area contributed by atoms with Crippen LogP contribution in [0, 0.1) is 0 Å². The van der Waals surface area contributed by atoms with Gasteiger partial charge in [-0.15, -0.1) is 0 Å². The number of hydrogen-bond donors (Lipinski definition) is 0. The maximum absolute atomic E-state index is 15.1. The van der Waals surface area contributed by atoms with Gasteiger partial charge in [0.2, 0.25) is 9.84 Å². The average molecular weight is 1570 g/mol. The monoisotopic (exact) mass is 1570 g/mol. The van der Waals surface area contributed by atoms with E-state index in [0.29, 0.717) is 0 Å². The summed E-state index contributed by atoms with van der Waals surface area (Å²) in [5.41, 5.74) is 10.7. The molecule has 0 radical (unpaired) electrons. The third-order valence-electron chi connectivity index (χ3n) is 23.1. The molecular weight excluding hydrogens is 1500 g/mol. The molecule has 23 rings (SSSR count). The third kappa shape index (κ3) is 12.1. The molecule has 0 saturated heterocycles. The van der Waals surface area contributed by atoms with Crippen LogP contribution in [0.25, 0.3) is 164 Å². The van der Waals surface area contributed by atoms with Crippen molar-refractivity contribution in [3.05, 3.63) is 425 Å². The number of furan rings is 3. The van der Waals surface area contributed by atoms with E-state index in [4.69, 9.17) is 13.3 Å². The van der Waals surface area contributed by atoms with E-state index < -0.39 is 24.1 Å². The number of hydrogen-bond acceptors (Lipinski definition) is 7. The summed E-state index contributed by atoms with van der Waals surface area (Å²) in [5.74, 6) is 0. The Morgan fingerprint density at radius 3 is 0.839 bits per heavy atom. The van der Waals surface area contributed by atoms with E-state index in [1.165, 1.54) is 26.9 Å². The molecule has 3 heterocycles. The zero-order valence-corrected chi connectivity index (χ0v) is 66.2. The quantitative estimate of drug-likeness (QED) is 0.119. The van der Waals surface area contributed by atoms with Gasteiger partial charge < -0.3 is 22.4 Å². The van der Waals surface area contributed by atoms with Crippen molar-refractivity contribution in [3.63, 3.8) is 0 Å². The Morgan fingerprint density at radius 1 is 0.195 bits per heavy atom. The first-order valence-electron chi connectivity index (χ1n) is 39.4. The smallest absolute Gasteiger partial charge is 0.206 e. The molecule has 0 fully saturated rings. The molecule has 10 heteroatoms. The molecule has 0 N–H and O–H groups in total. The van der Waals surface area contributed by atoms with Crippen LogP contribution in [0.5, 0.6) is 0 Å². The van der Waals surface area contributed by atoms with Crippen molar-refractivity contribution < 1.29 is 30.8 Å². The molecule has 560 valence electrons. The summed E-state index contributed by atoms with van der Waals surface area (Å²) < 4.78 is 76.6. The molecule has 23 aromatic rings. The molecule has 0 atom stereocenters. The van der Waals surface area contributed by atoms with Crippen LogP contribution in [0.15, 0.2) is 448 Å². The fourth-order valence-corrected chi connectivity index (χ4v) is 24.2. The largest absolute Gasteiger partial charge is 0.455 e. The van der Waals surface area contributed by atoms with Crippen LogP contribution >= 0.6 is 14.3 Å². The maximum Gasteiger partial charge on any atom is 0.206 e. The Bertz CT molecular complexity index is 8040. The summed E-state index contributed by atoms with van der Waals surface area (Å²) in [6.07, 6.45) is 0. The fourth-order valence-electron chi connectivity index (χ4n) is 17.5. The van der Waals surface area contributed by atoms with Gasteiger partial charge in [0, 0.05) is 80.8 Å². The molecule has 3 aromatic heterocycles. The lowest BCUT2D eigenvalue weighted by Gasteiger charge is -2.20. The Balaban J connectivity index is 0.000000110. The summed E-state index contributed by atoms with van der Waals surface area (Å²) in [6.45, 7) is 0. The molecule has 0 unspecified atom stereocenters. The highest BCUT2D eigenvalue weighted by atomic mass is 32.2. The molecule has 0 amide bonds. The lowest BCUT2D eigenvalue weighted by atomic mass is 9.95. The van der Waals surface area contributed by atoms with E-state index >= 15 is 4.57 Å². The van der Waals surface area contributed by atoms with Gasteiger partial charge in [0.05, 0.1) is 9.79 Å². The summed E-state index contributed by atoms with van der Waals surface area (Å²) in [4.78, 5) is 0.537. The van der Waals surface area contributed by atoms with E-state index in [0.717, 1.165) is 169 Å². The molecule has 0 aliphatic rings. The van der Waals surface area contributed by atoms with Crippen molar-refractivity contribution in [1.29, 1.82) is 0 Å². The summed E-state index contributed by atoms with van der Waals surface area (Å²) >= 11 is 0. The normalized spacial score (nSPS) is 12.0. The van der Waals surface area contributed by atoms with Crippen LogP contribution in [0.3, 0.4) is 0 Å². The minimum Gasteiger partial charge on any atom is -0.455 e. The SMILES string of the molecule is O=P(c1ccccc1)(c1ccccc1)c1ccc(-c2cc3ccccc3c3c2oc2ccc4ccccc4c23)cc1.O=P(c1ccccc1)(c1ccccc1)c1cccc(-c2cc3ccccc3c3c2oc2ccc4ccccc4c23)c1.O=S(=O)(c1ccccc1)c1cccc(-c2cc3ccccc3c3c2oc2ccc4ccccc4c23)c1. The van der Waals surface area contributed by atoms with Crippen molar-refractivity contribution >= 4 is 186 Å².